The second-order valence-electron chi connectivity index (χ2n) is 3.58. The summed E-state index contributed by atoms with van der Waals surface area (Å²) >= 11 is 8.91. The van der Waals surface area contributed by atoms with Crippen LogP contribution in [0, 0.1) is 0 Å². The molecule has 2 rings (SSSR count). The lowest BCUT2D eigenvalue weighted by Crippen LogP contribution is -2.49. The lowest BCUT2D eigenvalue weighted by atomic mass is 10.0. The van der Waals surface area contributed by atoms with Crippen molar-refractivity contribution in [3.05, 3.63) is 33.3 Å². The Labute approximate surface area is 109 Å². The van der Waals surface area contributed by atoms with Crippen LogP contribution in [-0.2, 0) is 4.74 Å². The van der Waals surface area contributed by atoms with Gasteiger partial charge in [0, 0.05) is 9.50 Å². The Bertz CT molecular complexity index is 470. The summed E-state index contributed by atoms with van der Waals surface area (Å²) in [5.74, 6) is -3.18. The van der Waals surface area contributed by atoms with E-state index < -0.39 is 24.7 Å². The van der Waals surface area contributed by atoms with E-state index in [1.807, 2.05) is 0 Å². The average molecular weight is 327 g/mol. The number of hydrogen-bond donors (Lipinski definition) is 1. The summed E-state index contributed by atoms with van der Waals surface area (Å²) in [7, 11) is 0. The summed E-state index contributed by atoms with van der Waals surface area (Å²) in [4.78, 5) is 11.0. The molecule has 1 aromatic rings. The van der Waals surface area contributed by atoms with Gasteiger partial charge >= 0.3 is 12.0 Å². The zero-order valence-corrected chi connectivity index (χ0v) is 10.7. The maximum atomic E-state index is 13.6. The highest BCUT2D eigenvalue weighted by Crippen LogP contribution is 2.38. The summed E-state index contributed by atoms with van der Waals surface area (Å²) in [6.45, 7) is -0.942. The van der Waals surface area contributed by atoms with Gasteiger partial charge in [-0.3, -0.25) is 0 Å². The van der Waals surface area contributed by atoms with Crippen molar-refractivity contribution >= 4 is 33.6 Å². The van der Waals surface area contributed by atoms with Crippen LogP contribution in [0.15, 0.2) is 22.7 Å². The first-order chi connectivity index (χ1) is 7.90. The van der Waals surface area contributed by atoms with Crippen LogP contribution in [0.1, 0.15) is 11.6 Å². The minimum absolute atomic E-state index is 0.221. The number of carbonyl (C=O) groups excluding carboxylic acids is 1. The molecule has 1 amide bonds. The fraction of sp³-hybridized carbons (Fsp3) is 0.300. The summed E-state index contributed by atoms with van der Waals surface area (Å²) in [5, 5.41) is 2.41. The fourth-order valence-corrected chi connectivity index (χ4v) is 2.21. The summed E-state index contributed by atoms with van der Waals surface area (Å²) in [5.41, 5.74) is 0.221. The number of halogens is 4. The van der Waals surface area contributed by atoms with Crippen molar-refractivity contribution in [2.45, 2.75) is 12.0 Å². The Hall–Kier alpha value is -0.880. The molecule has 0 radical (unpaired) electrons. The SMILES string of the molecule is O=C1N[C@H](c2cc(Cl)ccc2Br)C(F)(F)CO1. The molecule has 0 aliphatic carbocycles. The third kappa shape index (κ3) is 2.52. The third-order valence-electron chi connectivity index (χ3n) is 2.35. The van der Waals surface area contributed by atoms with Gasteiger partial charge in [-0.1, -0.05) is 27.5 Å². The minimum atomic E-state index is -3.18. The standard InChI is InChI=1S/C10H7BrClF2NO2/c11-7-2-1-5(12)3-6(7)8-10(13,14)4-17-9(16)15-8/h1-3,8H,4H2,(H,15,16)/t8-/m1/s1. The number of carbonyl (C=O) groups is 1. The molecule has 1 atom stereocenters. The monoisotopic (exact) mass is 325 g/mol. The molecule has 3 nitrogen and oxygen atoms in total. The van der Waals surface area contributed by atoms with E-state index in [0.717, 1.165) is 0 Å². The van der Waals surface area contributed by atoms with Crippen LogP contribution < -0.4 is 5.32 Å². The molecule has 7 heteroatoms. The number of benzene rings is 1. The van der Waals surface area contributed by atoms with E-state index in [0.29, 0.717) is 9.50 Å². The van der Waals surface area contributed by atoms with Gasteiger partial charge in [-0.05, 0) is 23.8 Å². The first-order valence-electron chi connectivity index (χ1n) is 4.66. The molecule has 17 heavy (non-hydrogen) atoms. The average Bonchev–Trinajstić information content (AvgIpc) is 2.26. The molecular formula is C10H7BrClF2NO2. The van der Waals surface area contributed by atoms with Gasteiger partial charge < -0.3 is 10.1 Å². The van der Waals surface area contributed by atoms with Gasteiger partial charge in [-0.2, -0.15) is 0 Å². The zero-order valence-electron chi connectivity index (χ0n) is 8.34. The van der Waals surface area contributed by atoms with E-state index in [-0.39, 0.29) is 5.56 Å². The van der Waals surface area contributed by atoms with Crippen LogP contribution in [0.25, 0.3) is 0 Å². The second-order valence-corrected chi connectivity index (χ2v) is 4.87. The van der Waals surface area contributed by atoms with Gasteiger partial charge in [0.25, 0.3) is 0 Å². The van der Waals surface area contributed by atoms with Crippen LogP contribution >= 0.6 is 27.5 Å². The van der Waals surface area contributed by atoms with E-state index in [1.54, 1.807) is 12.1 Å². The molecule has 0 spiro atoms. The molecule has 0 bridgehead atoms. The summed E-state index contributed by atoms with van der Waals surface area (Å²) in [6, 6.07) is 3.05. The Kier molecular flexibility index (Phi) is 3.27. The van der Waals surface area contributed by atoms with Gasteiger partial charge in [-0.15, -0.1) is 0 Å². The van der Waals surface area contributed by atoms with Crippen LogP contribution in [0.5, 0.6) is 0 Å². The van der Waals surface area contributed by atoms with Crippen LogP contribution in [-0.4, -0.2) is 18.6 Å². The molecule has 1 heterocycles. The van der Waals surface area contributed by atoms with Crippen molar-refractivity contribution in [2.24, 2.45) is 0 Å². The third-order valence-corrected chi connectivity index (χ3v) is 3.31. The van der Waals surface area contributed by atoms with Gasteiger partial charge in [-0.25, -0.2) is 13.6 Å². The molecule has 1 saturated heterocycles. The van der Waals surface area contributed by atoms with E-state index in [4.69, 9.17) is 11.6 Å². The first kappa shape index (κ1) is 12.6. The van der Waals surface area contributed by atoms with E-state index in [2.05, 4.69) is 26.0 Å². The zero-order chi connectivity index (χ0) is 12.6. The van der Waals surface area contributed by atoms with Gasteiger partial charge in [0.15, 0.2) is 6.61 Å². The number of nitrogens with one attached hydrogen (secondary N) is 1. The second kappa shape index (κ2) is 4.42. The maximum Gasteiger partial charge on any atom is 0.408 e. The summed E-state index contributed by atoms with van der Waals surface area (Å²) < 4.78 is 32.0. The van der Waals surface area contributed by atoms with Gasteiger partial charge in [0.2, 0.25) is 0 Å². The maximum absolute atomic E-state index is 13.6. The highest BCUT2D eigenvalue weighted by Gasteiger charge is 2.47. The molecule has 0 unspecified atom stereocenters. The van der Waals surface area contributed by atoms with E-state index in [9.17, 15) is 13.6 Å². The van der Waals surface area contributed by atoms with Crippen LogP contribution in [0.3, 0.4) is 0 Å². The molecule has 1 fully saturated rings. The Morgan fingerprint density at radius 3 is 2.94 bits per heavy atom. The number of ether oxygens (including phenoxy) is 1. The van der Waals surface area contributed by atoms with Crippen molar-refractivity contribution in [1.82, 2.24) is 5.32 Å². The molecule has 1 aliphatic rings. The van der Waals surface area contributed by atoms with Crippen LogP contribution in [0.4, 0.5) is 13.6 Å². The van der Waals surface area contributed by atoms with Crippen molar-refractivity contribution < 1.29 is 18.3 Å². The van der Waals surface area contributed by atoms with Crippen molar-refractivity contribution in [3.8, 4) is 0 Å². The Morgan fingerprint density at radius 2 is 2.24 bits per heavy atom. The number of alkyl carbamates (subject to hydrolysis) is 1. The minimum Gasteiger partial charge on any atom is -0.443 e. The Balaban J connectivity index is 2.42. The summed E-state index contributed by atoms with van der Waals surface area (Å²) in [6.07, 6.45) is -0.868. The first-order valence-corrected chi connectivity index (χ1v) is 5.83. The van der Waals surface area contributed by atoms with Gasteiger partial charge in [0.05, 0.1) is 0 Å². The molecule has 1 N–H and O–H groups in total. The topological polar surface area (TPSA) is 38.3 Å². The highest BCUT2D eigenvalue weighted by atomic mass is 79.9. The van der Waals surface area contributed by atoms with Crippen molar-refractivity contribution in [3.63, 3.8) is 0 Å². The molecule has 0 saturated carbocycles. The highest BCUT2D eigenvalue weighted by molar-refractivity contribution is 9.10. The number of hydrogen-bond acceptors (Lipinski definition) is 2. The van der Waals surface area contributed by atoms with Crippen LogP contribution in [0.2, 0.25) is 5.02 Å². The lowest BCUT2D eigenvalue weighted by Gasteiger charge is -2.32. The molecule has 92 valence electrons. The predicted molar refractivity (Wildman–Crippen MR) is 61.3 cm³/mol. The normalized spacial score (nSPS) is 22.8. The number of alkyl halides is 2. The fourth-order valence-electron chi connectivity index (χ4n) is 1.55. The smallest absolute Gasteiger partial charge is 0.408 e. The van der Waals surface area contributed by atoms with Crippen molar-refractivity contribution in [2.75, 3.05) is 6.61 Å². The van der Waals surface area contributed by atoms with E-state index in [1.165, 1.54) is 6.07 Å². The number of cyclic esters (lactones) is 1. The van der Waals surface area contributed by atoms with Gasteiger partial charge in [0.1, 0.15) is 6.04 Å². The largest absolute Gasteiger partial charge is 0.443 e. The Morgan fingerprint density at radius 1 is 1.53 bits per heavy atom. The number of amides is 1. The molecule has 1 aliphatic heterocycles. The molecular weight excluding hydrogens is 319 g/mol. The van der Waals surface area contributed by atoms with E-state index >= 15 is 0 Å². The lowest BCUT2D eigenvalue weighted by molar-refractivity contribution is -0.104. The molecule has 0 aromatic heterocycles. The number of rotatable bonds is 1. The molecule has 1 aromatic carbocycles. The predicted octanol–water partition coefficient (Wildman–Crippen LogP) is 3.52. The van der Waals surface area contributed by atoms with Crippen molar-refractivity contribution in [1.29, 1.82) is 0 Å². The quantitative estimate of drug-likeness (QED) is 0.857.